The van der Waals surface area contributed by atoms with Gasteiger partial charge in [-0.05, 0) is 6.07 Å². The van der Waals surface area contributed by atoms with Crippen molar-refractivity contribution in [3.05, 3.63) is 27.7 Å². The zero-order valence-electron chi connectivity index (χ0n) is 7.21. The highest BCUT2D eigenvalue weighted by Gasteiger charge is 2.13. The third kappa shape index (κ3) is 2.65. The monoisotopic (exact) mass is 256 g/mol. The lowest BCUT2D eigenvalue weighted by atomic mass is 10.1. The van der Waals surface area contributed by atoms with Crippen LogP contribution in [0.4, 0.5) is 0 Å². The van der Waals surface area contributed by atoms with Crippen LogP contribution in [-0.4, -0.2) is 11.7 Å². The second-order valence-electron chi connectivity index (χ2n) is 2.64. The van der Waals surface area contributed by atoms with E-state index in [0.29, 0.717) is 10.6 Å². The number of phenols is 1. The Bertz CT molecular complexity index is 320. The molecule has 0 aliphatic carbocycles. The van der Waals surface area contributed by atoms with Gasteiger partial charge in [0.25, 0.3) is 0 Å². The van der Waals surface area contributed by atoms with Crippen molar-refractivity contribution < 1.29 is 5.11 Å². The van der Waals surface area contributed by atoms with Crippen LogP contribution in [0.15, 0.2) is 12.1 Å². The molecule has 1 aromatic rings. The molecule has 1 aromatic carbocycles. The van der Waals surface area contributed by atoms with E-state index in [4.69, 9.17) is 34.7 Å². The van der Waals surface area contributed by atoms with Crippen molar-refractivity contribution >= 4 is 35.6 Å². The molecule has 1 rings (SSSR count). The topological polar surface area (TPSA) is 72.3 Å². The molecular weight excluding hydrogens is 246 g/mol. The smallest absolute Gasteiger partial charge is 0.140 e. The molecule has 0 spiro atoms. The van der Waals surface area contributed by atoms with Gasteiger partial charge in [-0.2, -0.15) is 0 Å². The summed E-state index contributed by atoms with van der Waals surface area (Å²) in [5, 5.41) is 9.94. The SMILES string of the molecule is Cl.NC[C@@H](N)c1ccc(Cl)c(Cl)c1O. The van der Waals surface area contributed by atoms with Gasteiger partial charge in [0.15, 0.2) is 0 Å². The zero-order chi connectivity index (χ0) is 10.0. The first-order chi connectivity index (χ1) is 6.07. The van der Waals surface area contributed by atoms with Gasteiger partial charge in [-0.1, -0.05) is 29.3 Å². The molecule has 5 N–H and O–H groups in total. The molecule has 3 nitrogen and oxygen atoms in total. The predicted octanol–water partition coefficient (Wildman–Crippen LogP) is 2.08. The highest BCUT2D eigenvalue weighted by atomic mass is 35.5. The van der Waals surface area contributed by atoms with Gasteiger partial charge in [0, 0.05) is 18.2 Å². The Kier molecular flexibility index (Phi) is 5.56. The number of nitrogens with two attached hydrogens (primary N) is 2. The van der Waals surface area contributed by atoms with Crippen LogP contribution >= 0.6 is 35.6 Å². The van der Waals surface area contributed by atoms with E-state index >= 15 is 0 Å². The summed E-state index contributed by atoms with van der Waals surface area (Å²) >= 11 is 11.4. The fourth-order valence-corrected chi connectivity index (χ4v) is 1.31. The quantitative estimate of drug-likeness (QED) is 0.759. The maximum atomic E-state index is 9.53. The molecule has 1 atom stereocenters. The molecule has 0 radical (unpaired) electrons. The molecule has 80 valence electrons. The molecular formula is C8H11Cl3N2O. The van der Waals surface area contributed by atoms with Crippen LogP contribution in [-0.2, 0) is 0 Å². The van der Waals surface area contributed by atoms with Crippen LogP contribution in [0, 0.1) is 0 Å². The Morgan fingerprint density at radius 1 is 1.36 bits per heavy atom. The van der Waals surface area contributed by atoms with Gasteiger partial charge in [0.05, 0.1) is 5.02 Å². The molecule has 0 aliphatic heterocycles. The lowest BCUT2D eigenvalue weighted by molar-refractivity contribution is 0.462. The van der Waals surface area contributed by atoms with Crippen LogP contribution in [0.1, 0.15) is 11.6 Å². The van der Waals surface area contributed by atoms with E-state index in [1.807, 2.05) is 0 Å². The maximum Gasteiger partial charge on any atom is 0.140 e. The second-order valence-corrected chi connectivity index (χ2v) is 3.43. The highest BCUT2D eigenvalue weighted by Crippen LogP contribution is 2.35. The maximum absolute atomic E-state index is 9.53. The Hall–Kier alpha value is -0.190. The normalized spacial score (nSPS) is 12.0. The number of aromatic hydroxyl groups is 1. The summed E-state index contributed by atoms with van der Waals surface area (Å²) in [4.78, 5) is 0. The Morgan fingerprint density at radius 2 is 1.93 bits per heavy atom. The van der Waals surface area contributed by atoms with Crippen molar-refractivity contribution in [3.63, 3.8) is 0 Å². The van der Waals surface area contributed by atoms with Crippen LogP contribution in [0.3, 0.4) is 0 Å². The van der Waals surface area contributed by atoms with E-state index in [2.05, 4.69) is 0 Å². The first-order valence-corrected chi connectivity index (χ1v) is 4.46. The van der Waals surface area contributed by atoms with Crippen molar-refractivity contribution in [2.24, 2.45) is 11.5 Å². The average Bonchev–Trinajstić information content (AvgIpc) is 2.13. The van der Waals surface area contributed by atoms with Gasteiger partial charge in [-0.15, -0.1) is 12.4 Å². The van der Waals surface area contributed by atoms with Crippen molar-refractivity contribution in [2.45, 2.75) is 6.04 Å². The highest BCUT2D eigenvalue weighted by molar-refractivity contribution is 6.43. The van der Waals surface area contributed by atoms with Gasteiger partial charge >= 0.3 is 0 Å². The lowest BCUT2D eigenvalue weighted by Gasteiger charge is -2.12. The summed E-state index contributed by atoms with van der Waals surface area (Å²) in [6.07, 6.45) is 0. The minimum Gasteiger partial charge on any atom is -0.506 e. The molecule has 0 aromatic heterocycles. The molecule has 0 saturated heterocycles. The summed E-state index contributed by atoms with van der Waals surface area (Å²) in [6.45, 7) is 0.242. The molecule has 0 fully saturated rings. The number of benzene rings is 1. The largest absolute Gasteiger partial charge is 0.506 e. The summed E-state index contributed by atoms with van der Waals surface area (Å²) in [7, 11) is 0. The molecule has 0 bridgehead atoms. The van der Waals surface area contributed by atoms with E-state index in [1.54, 1.807) is 12.1 Å². The number of phenolic OH excluding ortho intramolecular Hbond substituents is 1. The molecule has 0 unspecified atom stereocenters. The second kappa shape index (κ2) is 5.63. The molecule has 0 saturated carbocycles. The van der Waals surface area contributed by atoms with E-state index in [1.165, 1.54) is 0 Å². The van der Waals surface area contributed by atoms with Crippen LogP contribution < -0.4 is 11.5 Å². The Morgan fingerprint density at radius 3 is 2.43 bits per heavy atom. The van der Waals surface area contributed by atoms with Gasteiger partial charge in [0.2, 0.25) is 0 Å². The van der Waals surface area contributed by atoms with Gasteiger partial charge in [0.1, 0.15) is 10.8 Å². The van der Waals surface area contributed by atoms with Gasteiger partial charge < -0.3 is 16.6 Å². The predicted molar refractivity (Wildman–Crippen MR) is 61.4 cm³/mol. The third-order valence-corrected chi connectivity index (χ3v) is 2.55. The van der Waals surface area contributed by atoms with E-state index < -0.39 is 6.04 Å². The molecule has 0 aliphatic rings. The van der Waals surface area contributed by atoms with Crippen molar-refractivity contribution in [2.75, 3.05) is 6.54 Å². The third-order valence-electron chi connectivity index (χ3n) is 1.75. The molecule has 0 heterocycles. The number of rotatable bonds is 2. The lowest BCUT2D eigenvalue weighted by Crippen LogP contribution is -2.20. The van der Waals surface area contributed by atoms with Crippen LogP contribution in [0.5, 0.6) is 5.75 Å². The van der Waals surface area contributed by atoms with Crippen LogP contribution in [0.25, 0.3) is 0 Å². The van der Waals surface area contributed by atoms with E-state index in [0.717, 1.165) is 0 Å². The fraction of sp³-hybridized carbons (Fsp3) is 0.250. The standard InChI is InChI=1S/C8H10Cl2N2O.ClH/c9-5-2-1-4(6(12)3-11)8(13)7(5)10;/h1-2,6,13H,3,11-12H2;1H/t6-;/m1./s1. The molecule has 14 heavy (non-hydrogen) atoms. The minimum absolute atomic E-state index is 0. The van der Waals surface area contributed by atoms with E-state index in [-0.39, 0.29) is 29.7 Å². The summed E-state index contributed by atoms with van der Waals surface area (Å²) < 4.78 is 0. The average molecular weight is 258 g/mol. The molecule has 6 heteroatoms. The fourth-order valence-electron chi connectivity index (χ4n) is 0.981. The minimum atomic E-state index is -0.422. The van der Waals surface area contributed by atoms with E-state index in [9.17, 15) is 5.11 Å². The zero-order valence-corrected chi connectivity index (χ0v) is 9.53. The Labute approximate surface area is 98.4 Å². The van der Waals surface area contributed by atoms with Gasteiger partial charge in [-0.25, -0.2) is 0 Å². The first-order valence-electron chi connectivity index (χ1n) is 3.70. The van der Waals surface area contributed by atoms with Crippen LogP contribution in [0.2, 0.25) is 10.0 Å². The van der Waals surface area contributed by atoms with Crippen molar-refractivity contribution in [3.8, 4) is 5.75 Å². The summed E-state index contributed by atoms with van der Waals surface area (Å²) in [6, 6.07) is 2.77. The van der Waals surface area contributed by atoms with Gasteiger partial charge in [-0.3, -0.25) is 0 Å². The molecule has 0 amide bonds. The Balaban J connectivity index is 0.00000169. The number of halogens is 3. The van der Waals surface area contributed by atoms with Crippen molar-refractivity contribution in [1.29, 1.82) is 0 Å². The first kappa shape index (κ1) is 13.8. The summed E-state index contributed by atoms with van der Waals surface area (Å²) in [5.74, 6) is -0.0906. The summed E-state index contributed by atoms with van der Waals surface area (Å²) in [5.41, 5.74) is 11.5. The number of hydrogen-bond donors (Lipinski definition) is 3. The van der Waals surface area contributed by atoms with Crippen molar-refractivity contribution in [1.82, 2.24) is 0 Å². The number of hydrogen-bond acceptors (Lipinski definition) is 3.